The Morgan fingerprint density at radius 1 is 1.24 bits per heavy atom. The normalized spacial score (nSPS) is 15.5. The van der Waals surface area contributed by atoms with Crippen LogP contribution in [0.1, 0.15) is 18.4 Å². The fourth-order valence-corrected chi connectivity index (χ4v) is 1.79. The summed E-state index contributed by atoms with van der Waals surface area (Å²) >= 11 is 0. The molecule has 0 saturated heterocycles. The first-order valence-electron chi connectivity index (χ1n) is 5.74. The second-order valence-corrected chi connectivity index (χ2v) is 4.04. The molecule has 0 unspecified atom stereocenters. The van der Waals surface area contributed by atoms with Crippen LogP contribution >= 0.6 is 0 Å². The van der Waals surface area contributed by atoms with Gasteiger partial charge in [0.1, 0.15) is 0 Å². The predicted molar refractivity (Wildman–Crippen MR) is 72.8 cm³/mol. The van der Waals surface area contributed by atoms with E-state index < -0.39 is 0 Å². The van der Waals surface area contributed by atoms with Gasteiger partial charge < -0.3 is 11.1 Å². The summed E-state index contributed by atoms with van der Waals surface area (Å²) in [6, 6.07) is 9.75. The summed E-state index contributed by atoms with van der Waals surface area (Å²) in [6.07, 6.45) is 9.77. The zero-order valence-corrected chi connectivity index (χ0v) is 9.69. The second-order valence-electron chi connectivity index (χ2n) is 4.04. The lowest BCUT2D eigenvalue weighted by Crippen LogP contribution is -2.04. The zero-order chi connectivity index (χ0) is 12.1. The third-order valence-corrected chi connectivity index (χ3v) is 2.77. The molecule has 0 amide bonds. The molecule has 0 bridgehead atoms. The molecule has 0 fully saturated rings. The van der Waals surface area contributed by atoms with Crippen LogP contribution in [-0.4, -0.2) is 5.71 Å². The highest BCUT2D eigenvalue weighted by atomic mass is 14.6. The molecule has 86 valence electrons. The van der Waals surface area contributed by atoms with Gasteiger partial charge in [0.05, 0.1) is 5.71 Å². The van der Waals surface area contributed by atoms with Gasteiger partial charge in [-0.3, -0.25) is 0 Å². The van der Waals surface area contributed by atoms with Crippen molar-refractivity contribution in [1.82, 2.24) is 0 Å². The van der Waals surface area contributed by atoms with Gasteiger partial charge in [-0.2, -0.15) is 0 Å². The van der Waals surface area contributed by atoms with E-state index in [0.29, 0.717) is 11.4 Å². The van der Waals surface area contributed by atoms with Gasteiger partial charge in [0.25, 0.3) is 0 Å². The highest BCUT2D eigenvalue weighted by Crippen LogP contribution is 2.15. The Balaban J connectivity index is 2.17. The molecule has 2 nitrogen and oxygen atoms in total. The molecule has 0 spiro atoms. The summed E-state index contributed by atoms with van der Waals surface area (Å²) in [7, 11) is 0. The van der Waals surface area contributed by atoms with E-state index in [1.54, 1.807) is 6.08 Å². The van der Waals surface area contributed by atoms with Crippen molar-refractivity contribution >= 4 is 11.4 Å². The molecule has 1 aliphatic rings. The number of hydrogen-bond donors (Lipinski definition) is 2. The van der Waals surface area contributed by atoms with E-state index in [-0.39, 0.29) is 0 Å². The number of nitrogens with one attached hydrogen (secondary N) is 1. The van der Waals surface area contributed by atoms with Crippen molar-refractivity contribution in [1.29, 1.82) is 5.41 Å². The Bertz CT molecular complexity index is 493. The van der Waals surface area contributed by atoms with Crippen LogP contribution in [0.5, 0.6) is 0 Å². The molecule has 0 aliphatic heterocycles. The number of rotatable bonds is 3. The average Bonchev–Trinajstić information content (AvgIpc) is 2.40. The SMILES string of the molecule is N=C(C=C(N)c1ccccc1)C1=CC=CCC1. The van der Waals surface area contributed by atoms with E-state index in [1.807, 2.05) is 42.5 Å². The van der Waals surface area contributed by atoms with E-state index in [4.69, 9.17) is 11.1 Å². The molecule has 0 heterocycles. The largest absolute Gasteiger partial charge is 0.398 e. The van der Waals surface area contributed by atoms with Gasteiger partial charge >= 0.3 is 0 Å². The van der Waals surface area contributed by atoms with Crippen LogP contribution in [0.2, 0.25) is 0 Å². The van der Waals surface area contributed by atoms with Crippen LogP contribution in [0.25, 0.3) is 5.70 Å². The third kappa shape index (κ3) is 2.94. The Morgan fingerprint density at radius 2 is 2.00 bits per heavy atom. The van der Waals surface area contributed by atoms with Gasteiger partial charge in [-0.05, 0) is 30.1 Å². The molecule has 1 aromatic rings. The molecule has 1 aliphatic carbocycles. The monoisotopic (exact) mass is 224 g/mol. The minimum Gasteiger partial charge on any atom is -0.398 e. The molecular weight excluding hydrogens is 208 g/mol. The van der Waals surface area contributed by atoms with Gasteiger partial charge in [-0.1, -0.05) is 48.6 Å². The maximum Gasteiger partial charge on any atom is 0.0592 e. The first kappa shape index (κ1) is 11.4. The van der Waals surface area contributed by atoms with Gasteiger partial charge in [0.2, 0.25) is 0 Å². The standard InChI is InChI=1S/C15H16N2/c16-14(12-7-3-1-4-8-12)11-15(17)13-9-5-2-6-10-13/h1-5,7-9,11,17H,6,10,16H2. The Kier molecular flexibility index (Phi) is 3.55. The van der Waals surface area contributed by atoms with E-state index >= 15 is 0 Å². The fraction of sp³-hybridized carbons (Fsp3) is 0.133. The van der Waals surface area contributed by atoms with Crippen molar-refractivity contribution in [2.45, 2.75) is 12.8 Å². The maximum absolute atomic E-state index is 8.00. The van der Waals surface area contributed by atoms with Crippen molar-refractivity contribution in [3.63, 3.8) is 0 Å². The highest BCUT2D eigenvalue weighted by molar-refractivity contribution is 6.10. The molecule has 3 N–H and O–H groups in total. The molecule has 0 atom stereocenters. The molecule has 0 aromatic heterocycles. The van der Waals surface area contributed by atoms with E-state index in [1.165, 1.54) is 0 Å². The van der Waals surface area contributed by atoms with Crippen molar-refractivity contribution in [3.05, 3.63) is 65.8 Å². The molecular formula is C15H16N2. The van der Waals surface area contributed by atoms with Gasteiger partial charge in [0.15, 0.2) is 0 Å². The van der Waals surface area contributed by atoms with Crippen LogP contribution in [-0.2, 0) is 0 Å². The molecule has 17 heavy (non-hydrogen) atoms. The lowest BCUT2D eigenvalue weighted by atomic mass is 9.99. The number of nitrogens with two attached hydrogens (primary N) is 1. The lowest BCUT2D eigenvalue weighted by molar-refractivity contribution is 1.00. The topological polar surface area (TPSA) is 49.9 Å². The smallest absolute Gasteiger partial charge is 0.0592 e. The summed E-state index contributed by atoms with van der Waals surface area (Å²) in [4.78, 5) is 0. The predicted octanol–water partition coefficient (Wildman–Crippen LogP) is 3.28. The Morgan fingerprint density at radius 3 is 2.65 bits per heavy atom. The van der Waals surface area contributed by atoms with Crippen molar-refractivity contribution < 1.29 is 0 Å². The minimum atomic E-state index is 0.510. The summed E-state index contributed by atoms with van der Waals surface area (Å²) in [5, 5.41) is 8.00. The molecule has 0 radical (unpaired) electrons. The molecule has 0 saturated carbocycles. The Labute approximate surface area is 102 Å². The van der Waals surface area contributed by atoms with Crippen molar-refractivity contribution in [3.8, 4) is 0 Å². The summed E-state index contributed by atoms with van der Waals surface area (Å²) in [5.74, 6) is 0. The number of hydrogen-bond acceptors (Lipinski definition) is 2. The van der Waals surface area contributed by atoms with E-state index in [0.717, 1.165) is 24.0 Å². The van der Waals surface area contributed by atoms with Gasteiger partial charge in [-0.25, -0.2) is 0 Å². The minimum absolute atomic E-state index is 0.510. The van der Waals surface area contributed by atoms with Crippen LogP contribution in [0.15, 0.2) is 60.2 Å². The van der Waals surface area contributed by atoms with Crippen LogP contribution in [0, 0.1) is 5.41 Å². The van der Waals surface area contributed by atoms with Crippen LogP contribution in [0.3, 0.4) is 0 Å². The third-order valence-electron chi connectivity index (χ3n) is 2.77. The van der Waals surface area contributed by atoms with Gasteiger partial charge in [-0.15, -0.1) is 0 Å². The number of allylic oxidation sites excluding steroid dienone is 5. The summed E-state index contributed by atoms with van der Waals surface area (Å²) in [5.41, 5.74) is 9.14. The zero-order valence-electron chi connectivity index (χ0n) is 9.69. The first-order valence-corrected chi connectivity index (χ1v) is 5.74. The number of benzene rings is 1. The Hall–Kier alpha value is -2.09. The van der Waals surface area contributed by atoms with Crippen molar-refractivity contribution in [2.75, 3.05) is 0 Å². The molecule has 1 aromatic carbocycles. The van der Waals surface area contributed by atoms with Crippen molar-refractivity contribution in [2.24, 2.45) is 5.73 Å². The second kappa shape index (κ2) is 5.30. The average molecular weight is 224 g/mol. The van der Waals surface area contributed by atoms with Gasteiger partial charge in [0, 0.05) is 5.70 Å². The lowest BCUT2D eigenvalue weighted by Gasteiger charge is -2.08. The van der Waals surface area contributed by atoms with Crippen LogP contribution in [0.4, 0.5) is 0 Å². The van der Waals surface area contributed by atoms with E-state index in [2.05, 4.69) is 6.08 Å². The van der Waals surface area contributed by atoms with Crippen LogP contribution < -0.4 is 5.73 Å². The summed E-state index contributed by atoms with van der Waals surface area (Å²) in [6.45, 7) is 0. The van der Waals surface area contributed by atoms with E-state index in [9.17, 15) is 0 Å². The maximum atomic E-state index is 8.00. The summed E-state index contributed by atoms with van der Waals surface area (Å²) < 4.78 is 0. The highest BCUT2D eigenvalue weighted by Gasteiger charge is 2.05. The molecule has 2 heteroatoms. The quantitative estimate of drug-likeness (QED) is 0.760. The fourth-order valence-electron chi connectivity index (χ4n) is 1.79. The first-order chi connectivity index (χ1) is 8.27. The molecule has 2 rings (SSSR count).